The van der Waals surface area contributed by atoms with Crippen molar-refractivity contribution >= 4 is 34.2 Å². The van der Waals surface area contributed by atoms with Gasteiger partial charge in [-0.15, -0.1) is 0 Å². The Morgan fingerprint density at radius 2 is 2.03 bits per heavy atom. The molecular formula is C30H31N5O4. The van der Waals surface area contributed by atoms with Gasteiger partial charge in [0.1, 0.15) is 5.75 Å². The van der Waals surface area contributed by atoms with E-state index in [1.54, 1.807) is 15.8 Å². The number of carboxylic acids is 1. The molecule has 0 bridgehead atoms. The Balaban J connectivity index is 1.19. The standard InChI is InChI=1S/C30H31N5O4/c36-29-7-3-14-34(29)23-5-1-4-20(16-23)28(18-30(37)38)35-27-11-9-24(17-21(27)19-32-35)39-15-12-22-8-10-25-26(33-22)6-2-13-31-25/h1,4-5,8-11,16-17,19,28,31H,2-3,6-7,12-15,18H2,(H,37,38). The predicted molar refractivity (Wildman–Crippen MR) is 148 cm³/mol. The minimum Gasteiger partial charge on any atom is -0.493 e. The smallest absolute Gasteiger partial charge is 0.305 e. The van der Waals surface area contributed by atoms with Crippen LogP contribution in [0.1, 0.15) is 48.7 Å². The van der Waals surface area contributed by atoms with Crippen LogP contribution in [0.3, 0.4) is 0 Å². The lowest BCUT2D eigenvalue weighted by Gasteiger charge is -2.21. The third-order valence-corrected chi connectivity index (χ3v) is 7.43. The number of aromatic nitrogens is 3. The Hall–Kier alpha value is -4.40. The molecule has 9 nitrogen and oxygen atoms in total. The van der Waals surface area contributed by atoms with E-state index < -0.39 is 12.0 Å². The first kappa shape index (κ1) is 24.9. The highest BCUT2D eigenvalue weighted by Gasteiger charge is 2.25. The average molecular weight is 526 g/mol. The lowest BCUT2D eigenvalue weighted by Crippen LogP contribution is -2.24. The highest BCUT2D eigenvalue weighted by molar-refractivity contribution is 5.95. The molecule has 0 spiro atoms. The fraction of sp³-hybridized carbons (Fsp3) is 0.333. The van der Waals surface area contributed by atoms with Crippen molar-refractivity contribution in [3.05, 3.63) is 77.7 Å². The summed E-state index contributed by atoms with van der Waals surface area (Å²) in [5.41, 5.74) is 5.68. The van der Waals surface area contributed by atoms with E-state index >= 15 is 0 Å². The quantitative estimate of drug-likeness (QED) is 0.329. The van der Waals surface area contributed by atoms with E-state index in [2.05, 4.69) is 16.5 Å². The Bertz CT molecular complexity index is 1530. The van der Waals surface area contributed by atoms with E-state index in [0.717, 1.165) is 70.8 Å². The van der Waals surface area contributed by atoms with Crippen LogP contribution in [0.25, 0.3) is 10.9 Å². The molecule has 200 valence electrons. The number of aliphatic carboxylic acids is 1. The number of carbonyl (C=O) groups excluding carboxylic acids is 1. The van der Waals surface area contributed by atoms with Gasteiger partial charge in [0.25, 0.3) is 0 Å². The fourth-order valence-corrected chi connectivity index (χ4v) is 5.49. The van der Waals surface area contributed by atoms with E-state index in [-0.39, 0.29) is 12.3 Å². The molecule has 1 fully saturated rings. The van der Waals surface area contributed by atoms with Gasteiger partial charge in [-0.25, -0.2) is 0 Å². The topological polar surface area (TPSA) is 110 Å². The number of aryl methyl sites for hydroxylation is 1. The molecule has 2 aliphatic rings. The van der Waals surface area contributed by atoms with Crippen LogP contribution in [0.15, 0.2) is 60.8 Å². The zero-order chi connectivity index (χ0) is 26.8. The molecule has 6 rings (SSSR count). The number of fused-ring (bicyclic) bond motifs is 2. The first-order valence-corrected chi connectivity index (χ1v) is 13.5. The summed E-state index contributed by atoms with van der Waals surface area (Å²) in [4.78, 5) is 30.7. The van der Waals surface area contributed by atoms with Crippen LogP contribution in [0, 0.1) is 0 Å². The number of nitrogens with one attached hydrogen (secondary N) is 1. The molecule has 9 heteroatoms. The average Bonchev–Trinajstić information content (AvgIpc) is 3.57. The van der Waals surface area contributed by atoms with Crippen molar-refractivity contribution in [2.75, 3.05) is 29.9 Å². The van der Waals surface area contributed by atoms with Crippen molar-refractivity contribution in [2.24, 2.45) is 0 Å². The summed E-state index contributed by atoms with van der Waals surface area (Å²) in [6.07, 6.45) is 5.79. The SMILES string of the molecule is O=C(O)CC(c1cccc(N2CCCC2=O)c1)n1ncc2cc(OCCc3ccc4c(n3)CCCN4)ccc21. The van der Waals surface area contributed by atoms with Crippen LogP contribution in [-0.2, 0) is 22.4 Å². The number of rotatable bonds is 9. The lowest BCUT2D eigenvalue weighted by molar-refractivity contribution is -0.137. The van der Waals surface area contributed by atoms with E-state index in [1.165, 1.54) is 0 Å². The number of anilines is 2. The number of benzene rings is 2. The maximum absolute atomic E-state index is 12.3. The summed E-state index contributed by atoms with van der Waals surface area (Å²) < 4.78 is 7.79. The zero-order valence-corrected chi connectivity index (χ0v) is 21.7. The van der Waals surface area contributed by atoms with Gasteiger partial charge in [0.05, 0.1) is 42.2 Å². The van der Waals surface area contributed by atoms with Crippen molar-refractivity contribution in [3.8, 4) is 5.75 Å². The van der Waals surface area contributed by atoms with Crippen LogP contribution < -0.4 is 15.0 Å². The first-order chi connectivity index (χ1) is 19.0. The van der Waals surface area contributed by atoms with Crippen molar-refractivity contribution in [1.29, 1.82) is 0 Å². The molecule has 1 unspecified atom stereocenters. The first-order valence-electron chi connectivity index (χ1n) is 13.5. The van der Waals surface area contributed by atoms with Crippen molar-refractivity contribution < 1.29 is 19.4 Å². The summed E-state index contributed by atoms with van der Waals surface area (Å²) in [5.74, 6) is -0.0951. The number of ether oxygens (including phenoxy) is 1. The molecule has 2 N–H and O–H groups in total. The summed E-state index contributed by atoms with van der Waals surface area (Å²) in [6, 6.07) is 16.9. The fourth-order valence-electron chi connectivity index (χ4n) is 5.49. The van der Waals surface area contributed by atoms with Crippen LogP contribution in [0.4, 0.5) is 11.4 Å². The van der Waals surface area contributed by atoms with E-state index in [0.29, 0.717) is 26.0 Å². The van der Waals surface area contributed by atoms with Crippen LogP contribution in [0.5, 0.6) is 5.75 Å². The van der Waals surface area contributed by atoms with Crippen LogP contribution in [0.2, 0.25) is 0 Å². The second-order valence-electron chi connectivity index (χ2n) is 10.1. The second-order valence-corrected chi connectivity index (χ2v) is 10.1. The maximum Gasteiger partial charge on any atom is 0.305 e. The third kappa shape index (κ3) is 5.30. The number of hydrogen-bond acceptors (Lipinski definition) is 6. The summed E-state index contributed by atoms with van der Waals surface area (Å²) >= 11 is 0. The van der Waals surface area contributed by atoms with Crippen molar-refractivity contribution in [3.63, 3.8) is 0 Å². The van der Waals surface area contributed by atoms with Crippen LogP contribution >= 0.6 is 0 Å². The largest absolute Gasteiger partial charge is 0.493 e. The lowest BCUT2D eigenvalue weighted by atomic mass is 10.0. The van der Waals surface area contributed by atoms with Gasteiger partial charge in [0.15, 0.2) is 0 Å². The molecule has 4 aromatic rings. The van der Waals surface area contributed by atoms with Gasteiger partial charge in [0, 0.05) is 42.7 Å². The highest BCUT2D eigenvalue weighted by Crippen LogP contribution is 2.31. The van der Waals surface area contributed by atoms with Gasteiger partial charge in [-0.2, -0.15) is 5.10 Å². The van der Waals surface area contributed by atoms with Gasteiger partial charge in [-0.05, 0) is 67.3 Å². The number of hydrogen-bond donors (Lipinski definition) is 2. The summed E-state index contributed by atoms with van der Waals surface area (Å²) in [7, 11) is 0. The molecule has 1 amide bonds. The Morgan fingerprint density at radius 3 is 2.87 bits per heavy atom. The summed E-state index contributed by atoms with van der Waals surface area (Å²) in [5, 5.41) is 18.5. The van der Waals surface area contributed by atoms with Crippen molar-refractivity contribution in [1.82, 2.24) is 14.8 Å². The van der Waals surface area contributed by atoms with Crippen LogP contribution in [-0.4, -0.2) is 51.4 Å². The normalized spacial score (nSPS) is 15.7. The number of pyridine rings is 1. The Morgan fingerprint density at radius 1 is 1.10 bits per heavy atom. The van der Waals surface area contributed by atoms with Gasteiger partial charge in [-0.1, -0.05) is 12.1 Å². The van der Waals surface area contributed by atoms with E-state index in [1.807, 2.05) is 48.5 Å². The van der Waals surface area contributed by atoms with Gasteiger partial charge < -0.3 is 20.1 Å². The number of carboxylic acid groups (broad SMARTS) is 1. The number of carbonyl (C=O) groups is 2. The molecule has 2 aliphatic heterocycles. The van der Waals surface area contributed by atoms with Crippen molar-refractivity contribution in [2.45, 2.75) is 44.6 Å². The molecule has 1 saturated heterocycles. The number of nitrogens with zero attached hydrogens (tertiary/aromatic N) is 4. The van der Waals surface area contributed by atoms with E-state index in [4.69, 9.17) is 9.72 Å². The molecule has 0 saturated carbocycles. The molecule has 1 atom stereocenters. The molecule has 4 heterocycles. The molecule has 0 radical (unpaired) electrons. The Kier molecular flexibility index (Phi) is 6.87. The van der Waals surface area contributed by atoms with Gasteiger partial charge in [0.2, 0.25) is 5.91 Å². The molecule has 39 heavy (non-hydrogen) atoms. The molecule has 2 aromatic carbocycles. The monoisotopic (exact) mass is 525 g/mol. The molecule has 2 aromatic heterocycles. The second kappa shape index (κ2) is 10.8. The molecular weight excluding hydrogens is 494 g/mol. The zero-order valence-electron chi connectivity index (χ0n) is 21.7. The third-order valence-electron chi connectivity index (χ3n) is 7.43. The minimum atomic E-state index is -0.919. The highest BCUT2D eigenvalue weighted by atomic mass is 16.5. The van der Waals surface area contributed by atoms with Gasteiger partial charge in [-0.3, -0.25) is 19.3 Å². The summed E-state index contributed by atoms with van der Waals surface area (Å²) in [6.45, 7) is 2.18. The predicted octanol–water partition coefficient (Wildman–Crippen LogP) is 4.60. The van der Waals surface area contributed by atoms with E-state index in [9.17, 15) is 14.7 Å². The number of amides is 1. The Labute approximate surface area is 226 Å². The van der Waals surface area contributed by atoms with Gasteiger partial charge >= 0.3 is 5.97 Å². The molecule has 0 aliphatic carbocycles. The maximum atomic E-state index is 12.3. The minimum absolute atomic E-state index is 0.0958.